The normalized spacial score (nSPS) is 10.9. The first-order valence-corrected chi connectivity index (χ1v) is 14.3. The van der Waals surface area contributed by atoms with E-state index in [2.05, 4.69) is 25.3 Å². The highest BCUT2D eigenvalue weighted by Crippen LogP contribution is 2.13. The third kappa shape index (κ3) is 27.6. The van der Waals surface area contributed by atoms with E-state index < -0.39 is 0 Å². The number of ether oxygens (including phenoxy) is 1. The molecule has 0 atom stereocenters. The zero-order chi connectivity index (χ0) is 23.5. The number of rotatable bonds is 26. The second kappa shape index (κ2) is 29.5. The smallest absolute Gasteiger partial charge is 0.330 e. The lowest BCUT2D eigenvalue weighted by atomic mass is 10.1. The van der Waals surface area contributed by atoms with Gasteiger partial charge >= 0.3 is 5.97 Å². The van der Waals surface area contributed by atoms with Gasteiger partial charge in [0.05, 0.1) is 0 Å². The molecule has 0 aromatic heterocycles. The molecular weight excluding hydrogens is 430 g/mol. The Morgan fingerprint density at radius 1 is 0.606 bits per heavy atom. The Hall–Kier alpha value is -0.540. The Kier molecular flexibility index (Phi) is 30.9. The average molecular weight is 488 g/mol. The van der Waals surface area contributed by atoms with Crippen molar-refractivity contribution in [2.75, 3.05) is 26.2 Å². The molecule has 0 aromatic rings. The maximum Gasteiger partial charge on any atom is 0.330 e. The minimum atomic E-state index is -0.303. The van der Waals surface area contributed by atoms with Gasteiger partial charge in [0.1, 0.15) is 6.61 Å². The van der Waals surface area contributed by atoms with Gasteiger partial charge in [0.15, 0.2) is 0 Å². The van der Waals surface area contributed by atoms with Crippen LogP contribution in [0.3, 0.4) is 0 Å². The van der Waals surface area contributed by atoms with E-state index in [4.69, 9.17) is 4.74 Å². The Balaban J connectivity index is 0. The molecule has 0 heterocycles. The van der Waals surface area contributed by atoms with Crippen LogP contribution in [0.2, 0.25) is 0 Å². The van der Waals surface area contributed by atoms with Crippen LogP contribution < -0.4 is 0 Å². The van der Waals surface area contributed by atoms with Crippen molar-refractivity contribution in [2.24, 2.45) is 0 Å². The van der Waals surface area contributed by atoms with Crippen LogP contribution in [0, 0.1) is 0 Å². The molecule has 0 aliphatic heterocycles. The Morgan fingerprint density at radius 2 is 0.939 bits per heavy atom. The Labute approximate surface area is 213 Å². The molecule has 0 saturated carbocycles. The molecular formula is C29H58ClNO2. The summed E-state index contributed by atoms with van der Waals surface area (Å²) < 4.78 is 5.22. The third-order valence-corrected chi connectivity index (χ3v) is 6.47. The topological polar surface area (TPSA) is 29.5 Å². The summed E-state index contributed by atoms with van der Waals surface area (Å²) in [5, 5.41) is 0. The number of hydrogen-bond donors (Lipinski definition) is 0. The van der Waals surface area contributed by atoms with Gasteiger partial charge in [0.2, 0.25) is 0 Å². The molecule has 3 nitrogen and oxygen atoms in total. The second-order valence-corrected chi connectivity index (χ2v) is 9.58. The highest BCUT2D eigenvalue weighted by Gasteiger charge is 2.06. The standard InChI is InChI=1S/C29H57NO2.ClH/c1-4-7-9-11-13-15-17-19-21-23-25-30(27-28-32-29(31)6-3)26-24-22-20-18-16-14-12-10-8-5-2;/h6H,3-5,7-28H2,1-2H3;1H. The van der Waals surface area contributed by atoms with E-state index in [0.717, 1.165) is 19.6 Å². The van der Waals surface area contributed by atoms with Crippen LogP contribution in [0.4, 0.5) is 0 Å². The predicted octanol–water partition coefficient (Wildman–Crippen LogP) is 9.28. The molecule has 0 amide bonds. The molecule has 0 N–H and O–H groups in total. The fourth-order valence-corrected chi connectivity index (χ4v) is 4.32. The number of hydrogen-bond acceptors (Lipinski definition) is 3. The van der Waals surface area contributed by atoms with Crippen molar-refractivity contribution in [3.05, 3.63) is 12.7 Å². The molecule has 0 spiro atoms. The number of esters is 1. The largest absolute Gasteiger partial charge is 0.461 e. The molecule has 0 rings (SSSR count). The van der Waals surface area contributed by atoms with E-state index in [-0.39, 0.29) is 18.4 Å². The van der Waals surface area contributed by atoms with Crippen LogP contribution in [-0.2, 0) is 9.53 Å². The maximum absolute atomic E-state index is 11.3. The maximum atomic E-state index is 11.3. The highest BCUT2D eigenvalue weighted by atomic mass is 35.5. The van der Waals surface area contributed by atoms with E-state index in [1.54, 1.807) is 0 Å². The molecule has 0 bridgehead atoms. The lowest BCUT2D eigenvalue weighted by Gasteiger charge is -2.22. The van der Waals surface area contributed by atoms with Gasteiger partial charge in [0, 0.05) is 12.6 Å². The summed E-state index contributed by atoms with van der Waals surface area (Å²) in [4.78, 5) is 13.8. The van der Waals surface area contributed by atoms with Gasteiger partial charge in [0.25, 0.3) is 0 Å². The van der Waals surface area contributed by atoms with E-state index in [0.29, 0.717) is 6.61 Å². The molecule has 198 valence electrons. The van der Waals surface area contributed by atoms with Gasteiger partial charge in [-0.1, -0.05) is 136 Å². The first kappa shape index (κ1) is 34.6. The molecule has 33 heavy (non-hydrogen) atoms. The van der Waals surface area contributed by atoms with Gasteiger partial charge in [-0.3, -0.25) is 4.90 Å². The lowest BCUT2D eigenvalue weighted by Crippen LogP contribution is -2.30. The summed E-state index contributed by atoms with van der Waals surface area (Å²) in [6.45, 7) is 11.7. The fraction of sp³-hybridized carbons (Fsp3) is 0.897. The zero-order valence-corrected chi connectivity index (χ0v) is 23.2. The Morgan fingerprint density at radius 3 is 1.27 bits per heavy atom. The third-order valence-electron chi connectivity index (χ3n) is 6.47. The van der Waals surface area contributed by atoms with Crippen molar-refractivity contribution >= 4 is 18.4 Å². The molecule has 0 radical (unpaired) electrons. The van der Waals surface area contributed by atoms with Gasteiger partial charge < -0.3 is 4.74 Å². The van der Waals surface area contributed by atoms with Gasteiger partial charge in [-0.15, -0.1) is 12.4 Å². The molecule has 0 aliphatic carbocycles. The van der Waals surface area contributed by atoms with Crippen LogP contribution in [0.1, 0.15) is 142 Å². The molecule has 0 aromatic carbocycles. The molecule has 0 saturated heterocycles. The number of carbonyl (C=O) groups excluding carboxylic acids is 1. The van der Waals surface area contributed by atoms with E-state index >= 15 is 0 Å². The van der Waals surface area contributed by atoms with Crippen LogP contribution in [-0.4, -0.2) is 37.1 Å². The average Bonchev–Trinajstić information content (AvgIpc) is 2.80. The zero-order valence-electron chi connectivity index (χ0n) is 22.4. The van der Waals surface area contributed by atoms with Crippen molar-refractivity contribution < 1.29 is 9.53 Å². The first-order valence-electron chi connectivity index (χ1n) is 14.3. The van der Waals surface area contributed by atoms with E-state index in [1.165, 1.54) is 134 Å². The molecule has 0 unspecified atom stereocenters. The van der Waals surface area contributed by atoms with Crippen molar-refractivity contribution in [2.45, 2.75) is 142 Å². The van der Waals surface area contributed by atoms with Crippen molar-refractivity contribution in [1.82, 2.24) is 4.90 Å². The van der Waals surface area contributed by atoms with Crippen LogP contribution in [0.15, 0.2) is 12.7 Å². The van der Waals surface area contributed by atoms with E-state index in [1.807, 2.05) is 0 Å². The van der Waals surface area contributed by atoms with Gasteiger partial charge in [-0.2, -0.15) is 0 Å². The monoisotopic (exact) mass is 487 g/mol. The molecule has 4 heteroatoms. The van der Waals surface area contributed by atoms with Gasteiger partial charge in [-0.25, -0.2) is 4.79 Å². The summed E-state index contributed by atoms with van der Waals surface area (Å²) in [5.41, 5.74) is 0. The number of nitrogens with zero attached hydrogens (tertiary/aromatic N) is 1. The van der Waals surface area contributed by atoms with Crippen LogP contribution in [0.5, 0.6) is 0 Å². The number of carbonyl (C=O) groups is 1. The summed E-state index contributed by atoms with van der Waals surface area (Å²) in [5.74, 6) is -0.303. The van der Waals surface area contributed by atoms with E-state index in [9.17, 15) is 4.79 Å². The number of halogens is 1. The minimum Gasteiger partial charge on any atom is -0.461 e. The van der Waals surface area contributed by atoms with Crippen molar-refractivity contribution in [1.29, 1.82) is 0 Å². The van der Waals surface area contributed by atoms with Crippen molar-refractivity contribution in [3.8, 4) is 0 Å². The quantitative estimate of drug-likeness (QED) is 0.0691. The molecule has 0 fully saturated rings. The highest BCUT2D eigenvalue weighted by molar-refractivity contribution is 5.85. The van der Waals surface area contributed by atoms with Crippen molar-refractivity contribution in [3.63, 3.8) is 0 Å². The van der Waals surface area contributed by atoms with Gasteiger partial charge in [-0.05, 0) is 25.9 Å². The fourth-order valence-electron chi connectivity index (χ4n) is 4.32. The summed E-state index contributed by atoms with van der Waals surface area (Å²) in [7, 11) is 0. The lowest BCUT2D eigenvalue weighted by molar-refractivity contribution is -0.138. The Bertz CT molecular complexity index is 379. The summed E-state index contributed by atoms with van der Waals surface area (Å²) in [6, 6.07) is 0. The molecule has 0 aliphatic rings. The van der Waals surface area contributed by atoms with Crippen LogP contribution >= 0.6 is 12.4 Å². The summed E-state index contributed by atoms with van der Waals surface area (Å²) in [6.07, 6.45) is 28.8. The summed E-state index contributed by atoms with van der Waals surface area (Å²) >= 11 is 0. The van der Waals surface area contributed by atoms with Crippen LogP contribution in [0.25, 0.3) is 0 Å². The minimum absolute atomic E-state index is 0. The second-order valence-electron chi connectivity index (χ2n) is 9.58. The SMILES string of the molecule is C=CC(=O)OCCN(CCCCCCCCCCCC)CCCCCCCCCCCC.Cl. The predicted molar refractivity (Wildman–Crippen MR) is 149 cm³/mol. The number of unbranched alkanes of at least 4 members (excludes halogenated alkanes) is 18. The first-order chi connectivity index (χ1) is 15.7.